The first-order chi connectivity index (χ1) is 10.2. The highest BCUT2D eigenvalue weighted by molar-refractivity contribution is 5.89. The maximum absolute atomic E-state index is 13.6. The quantitative estimate of drug-likeness (QED) is 0.844. The lowest BCUT2D eigenvalue weighted by Gasteiger charge is -2.26. The molecule has 1 aliphatic heterocycles. The number of hydrogen-bond acceptors (Lipinski definition) is 3. The van der Waals surface area contributed by atoms with Crippen LogP contribution in [0.15, 0.2) is 24.3 Å². The third-order valence-corrected chi connectivity index (χ3v) is 3.57. The van der Waals surface area contributed by atoms with Crippen LogP contribution in [0.4, 0.5) is 14.9 Å². The van der Waals surface area contributed by atoms with Gasteiger partial charge in [0.2, 0.25) is 0 Å². The number of halogens is 1. The van der Waals surface area contributed by atoms with Crippen molar-refractivity contribution in [3.63, 3.8) is 0 Å². The van der Waals surface area contributed by atoms with Gasteiger partial charge in [-0.1, -0.05) is 12.1 Å². The van der Waals surface area contributed by atoms with E-state index in [9.17, 15) is 9.18 Å². The van der Waals surface area contributed by atoms with Gasteiger partial charge in [0.25, 0.3) is 0 Å². The highest BCUT2D eigenvalue weighted by Crippen LogP contribution is 2.14. The van der Waals surface area contributed by atoms with Gasteiger partial charge in [0.15, 0.2) is 0 Å². The Balaban J connectivity index is 1.97. The van der Waals surface area contributed by atoms with E-state index >= 15 is 0 Å². The Labute approximate surface area is 124 Å². The van der Waals surface area contributed by atoms with E-state index in [1.807, 2.05) is 0 Å². The zero-order valence-electron chi connectivity index (χ0n) is 12.3. The van der Waals surface area contributed by atoms with Crippen LogP contribution in [-0.4, -0.2) is 50.3 Å². The molecular weight excluding hydrogens is 273 g/mol. The van der Waals surface area contributed by atoms with Crippen LogP contribution in [0.1, 0.15) is 12.8 Å². The third-order valence-electron chi connectivity index (χ3n) is 3.57. The molecule has 1 fully saturated rings. The Morgan fingerprint density at radius 3 is 3.00 bits per heavy atom. The van der Waals surface area contributed by atoms with Gasteiger partial charge in [0.05, 0.1) is 12.3 Å². The summed E-state index contributed by atoms with van der Waals surface area (Å²) in [5.74, 6) is -0.434. The fraction of sp³-hybridized carbons (Fsp3) is 0.533. The minimum atomic E-state index is -0.434. The highest BCUT2D eigenvalue weighted by Gasteiger charge is 2.21. The molecular formula is C15H22FN3O2. The molecule has 1 atom stereocenters. The van der Waals surface area contributed by atoms with E-state index < -0.39 is 5.82 Å². The van der Waals surface area contributed by atoms with E-state index in [1.54, 1.807) is 30.2 Å². The van der Waals surface area contributed by atoms with E-state index in [0.29, 0.717) is 25.7 Å². The number of rotatable bonds is 6. The number of hydrogen-bond donors (Lipinski definition) is 2. The Morgan fingerprint density at radius 2 is 2.33 bits per heavy atom. The molecule has 116 valence electrons. The molecule has 0 spiro atoms. The Bertz CT molecular complexity index is 464. The Morgan fingerprint density at radius 1 is 1.52 bits per heavy atom. The maximum atomic E-state index is 13.6. The van der Waals surface area contributed by atoms with Crippen molar-refractivity contribution >= 4 is 11.7 Å². The molecule has 0 radical (unpaired) electrons. The van der Waals surface area contributed by atoms with Gasteiger partial charge in [0, 0.05) is 26.2 Å². The van der Waals surface area contributed by atoms with Crippen molar-refractivity contribution in [2.75, 3.05) is 38.7 Å². The largest absolute Gasteiger partial charge is 0.383 e. The molecule has 1 aliphatic rings. The van der Waals surface area contributed by atoms with E-state index in [0.717, 1.165) is 19.4 Å². The molecule has 1 heterocycles. The minimum absolute atomic E-state index is 0.198. The number of ether oxygens (including phenoxy) is 1. The van der Waals surface area contributed by atoms with Crippen molar-refractivity contribution in [2.24, 2.45) is 0 Å². The van der Waals surface area contributed by atoms with Crippen molar-refractivity contribution in [1.82, 2.24) is 10.2 Å². The van der Waals surface area contributed by atoms with Gasteiger partial charge < -0.3 is 20.3 Å². The number of nitrogens with one attached hydrogen (secondary N) is 2. The lowest BCUT2D eigenvalue weighted by Crippen LogP contribution is -2.44. The normalized spacial score (nSPS) is 17.7. The molecule has 1 unspecified atom stereocenters. The fourth-order valence-electron chi connectivity index (χ4n) is 2.41. The standard InChI is InChI=1S/C15H22FN3O2/c1-21-10-9-19(11-12-5-4-8-17-12)15(20)18-14-7-3-2-6-13(14)16/h2-3,6-7,12,17H,4-5,8-11H2,1H3,(H,18,20). The molecule has 1 aromatic carbocycles. The number of carbonyl (C=O) groups excluding carboxylic acids is 1. The second kappa shape index (κ2) is 7.95. The topological polar surface area (TPSA) is 53.6 Å². The summed E-state index contributed by atoms with van der Waals surface area (Å²) in [7, 11) is 1.60. The van der Waals surface area contributed by atoms with E-state index in [4.69, 9.17) is 4.74 Å². The Kier molecular flexibility index (Phi) is 5.95. The first-order valence-corrected chi connectivity index (χ1v) is 7.23. The van der Waals surface area contributed by atoms with Crippen LogP contribution < -0.4 is 10.6 Å². The molecule has 2 N–H and O–H groups in total. The van der Waals surface area contributed by atoms with Crippen molar-refractivity contribution in [3.05, 3.63) is 30.1 Å². The lowest BCUT2D eigenvalue weighted by molar-refractivity contribution is 0.151. The van der Waals surface area contributed by atoms with Gasteiger partial charge in [-0.3, -0.25) is 0 Å². The number of carbonyl (C=O) groups is 1. The summed E-state index contributed by atoms with van der Waals surface area (Å²) in [5.41, 5.74) is 0.198. The smallest absolute Gasteiger partial charge is 0.322 e. The molecule has 1 aromatic rings. The molecule has 2 rings (SSSR count). The minimum Gasteiger partial charge on any atom is -0.383 e. The average Bonchev–Trinajstić information content (AvgIpc) is 2.98. The first kappa shape index (κ1) is 15.7. The zero-order chi connectivity index (χ0) is 15.1. The molecule has 0 bridgehead atoms. The molecule has 0 aromatic heterocycles. The summed E-state index contributed by atoms with van der Waals surface area (Å²) in [6.07, 6.45) is 2.17. The Hall–Kier alpha value is -1.66. The number of benzene rings is 1. The SMILES string of the molecule is COCCN(CC1CCCN1)C(=O)Nc1ccccc1F. The highest BCUT2D eigenvalue weighted by atomic mass is 19.1. The number of para-hydroxylation sites is 1. The van der Waals surface area contributed by atoms with Gasteiger partial charge in [-0.25, -0.2) is 9.18 Å². The predicted octanol–water partition coefficient (Wildman–Crippen LogP) is 2.06. The van der Waals surface area contributed by atoms with E-state index in [2.05, 4.69) is 10.6 Å². The van der Waals surface area contributed by atoms with Crippen molar-refractivity contribution < 1.29 is 13.9 Å². The van der Waals surface area contributed by atoms with E-state index in [1.165, 1.54) is 6.07 Å². The summed E-state index contributed by atoms with van der Waals surface area (Å²) < 4.78 is 18.6. The van der Waals surface area contributed by atoms with Crippen LogP contribution in [0.25, 0.3) is 0 Å². The molecule has 2 amide bonds. The molecule has 21 heavy (non-hydrogen) atoms. The molecule has 1 saturated heterocycles. The second-order valence-corrected chi connectivity index (χ2v) is 5.14. The number of nitrogens with zero attached hydrogens (tertiary/aromatic N) is 1. The molecule has 0 saturated carbocycles. The molecule has 6 heteroatoms. The second-order valence-electron chi connectivity index (χ2n) is 5.14. The molecule has 5 nitrogen and oxygen atoms in total. The van der Waals surface area contributed by atoms with Gasteiger partial charge in [-0.05, 0) is 31.5 Å². The van der Waals surface area contributed by atoms with Gasteiger partial charge in [0.1, 0.15) is 5.82 Å². The number of methoxy groups -OCH3 is 1. The van der Waals surface area contributed by atoms with E-state index in [-0.39, 0.29) is 11.7 Å². The number of amides is 2. The summed E-state index contributed by atoms with van der Waals surface area (Å²) in [6.45, 7) is 2.52. The average molecular weight is 295 g/mol. The zero-order valence-corrected chi connectivity index (χ0v) is 12.3. The van der Waals surface area contributed by atoms with Gasteiger partial charge in [-0.2, -0.15) is 0 Å². The summed E-state index contributed by atoms with van der Waals surface area (Å²) in [6, 6.07) is 6.16. The van der Waals surface area contributed by atoms with Crippen LogP contribution in [0.3, 0.4) is 0 Å². The molecule has 0 aliphatic carbocycles. The first-order valence-electron chi connectivity index (χ1n) is 7.23. The van der Waals surface area contributed by atoms with Crippen LogP contribution in [0.2, 0.25) is 0 Å². The van der Waals surface area contributed by atoms with Gasteiger partial charge >= 0.3 is 6.03 Å². The fourth-order valence-corrected chi connectivity index (χ4v) is 2.41. The van der Waals surface area contributed by atoms with Crippen LogP contribution >= 0.6 is 0 Å². The van der Waals surface area contributed by atoms with Crippen LogP contribution in [0, 0.1) is 5.82 Å². The predicted molar refractivity (Wildman–Crippen MR) is 79.9 cm³/mol. The van der Waals surface area contributed by atoms with Crippen molar-refractivity contribution in [2.45, 2.75) is 18.9 Å². The van der Waals surface area contributed by atoms with Crippen molar-refractivity contribution in [1.29, 1.82) is 0 Å². The number of anilines is 1. The summed E-state index contributed by atoms with van der Waals surface area (Å²) in [5, 5.41) is 5.98. The lowest BCUT2D eigenvalue weighted by atomic mass is 10.2. The third kappa shape index (κ3) is 4.68. The van der Waals surface area contributed by atoms with Crippen LogP contribution in [-0.2, 0) is 4.74 Å². The number of urea groups is 1. The van der Waals surface area contributed by atoms with Gasteiger partial charge in [-0.15, -0.1) is 0 Å². The van der Waals surface area contributed by atoms with Crippen LogP contribution in [0.5, 0.6) is 0 Å². The maximum Gasteiger partial charge on any atom is 0.322 e. The monoisotopic (exact) mass is 295 g/mol. The van der Waals surface area contributed by atoms with Crippen molar-refractivity contribution in [3.8, 4) is 0 Å². The summed E-state index contributed by atoms with van der Waals surface area (Å²) >= 11 is 0. The summed E-state index contributed by atoms with van der Waals surface area (Å²) in [4.78, 5) is 14.0.